The summed E-state index contributed by atoms with van der Waals surface area (Å²) in [4.78, 5) is 28.9. The van der Waals surface area contributed by atoms with Gasteiger partial charge in [-0.1, -0.05) is 13.0 Å². The molecule has 1 aliphatic rings. The smallest absolute Gasteiger partial charge is 0.281 e. The van der Waals surface area contributed by atoms with Crippen LogP contribution < -0.4 is 20.1 Å². The van der Waals surface area contributed by atoms with Gasteiger partial charge in [-0.05, 0) is 82.9 Å². The van der Waals surface area contributed by atoms with Gasteiger partial charge in [-0.3, -0.25) is 4.79 Å². The predicted molar refractivity (Wildman–Crippen MR) is 164 cm³/mol. The molecular formula is C29H44N6O5S. The van der Waals surface area contributed by atoms with Crippen molar-refractivity contribution < 1.29 is 27.0 Å². The quantitative estimate of drug-likeness (QED) is 0.319. The van der Waals surface area contributed by atoms with Crippen molar-refractivity contribution in [1.82, 2.24) is 19.7 Å². The van der Waals surface area contributed by atoms with Crippen LogP contribution in [0.25, 0.3) is 11.4 Å². The molecule has 1 atom stereocenters. The number of aryl methyl sites for hydroxylation is 1. The van der Waals surface area contributed by atoms with Crippen LogP contribution in [0.15, 0.2) is 47.5 Å². The minimum Gasteiger partial charge on any atom is -0.475 e. The lowest BCUT2D eigenvalue weighted by atomic mass is 9.97. The van der Waals surface area contributed by atoms with Crippen LogP contribution in [0.2, 0.25) is 0 Å². The maximum Gasteiger partial charge on any atom is 0.281 e. The van der Waals surface area contributed by atoms with Crippen molar-refractivity contribution >= 4 is 27.6 Å². The fourth-order valence-corrected chi connectivity index (χ4v) is 5.96. The number of anilines is 2. The van der Waals surface area contributed by atoms with E-state index in [9.17, 15) is 13.2 Å². The van der Waals surface area contributed by atoms with Crippen molar-refractivity contribution in [3.8, 4) is 17.3 Å². The van der Waals surface area contributed by atoms with Crippen LogP contribution in [-0.4, -0.2) is 60.7 Å². The highest BCUT2D eigenvalue weighted by Gasteiger charge is 2.39. The summed E-state index contributed by atoms with van der Waals surface area (Å²) >= 11 is 0. The average molecular weight is 589 g/mol. The van der Waals surface area contributed by atoms with Gasteiger partial charge in [-0.25, -0.2) is 19.7 Å². The molecular weight excluding hydrogens is 544 g/mol. The number of amides is 1. The first-order valence-electron chi connectivity index (χ1n) is 13.6. The zero-order valence-electron chi connectivity index (χ0n) is 24.3. The number of hydrogen-bond acceptors (Lipinski definition) is 10. The maximum absolute atomic E-state index is 13.5. The number of sulfonamides is 1. The molecule has 0 radical (unpaired) electrons. The second-order valence-corrected chi connectivity index (χ2v) is 12.9. The summed E-state index contributed by atoms with van der Waals surface area (Å²) in [5, 5.41) is -0.345. The molecule has 4 rings (SSSR count). The standard InChI is InChI=1S/C29H38N6O5S.3H2/c1-18(2)39-12-13-40-25-15-19(3)14-23(31-25)22-11-10-21(27(32-22)35-17-20(4)16-29(35,5)6)28(36)34-41(37,38)26-9-7-8-24(30)33-26;;;/h7-11,14-15,18,20H,12-13,16-17H2,1-6H3,(H2,30,33)(H,34,36);3*1H/t20-;;;/m0.../s1. The van der Waals surface area contributed by atoms with Crippen molar-refractivity contribution in [2.45, 2.75) is 64.6 Å². The largest absolute Gasteiger partial charge is 0.475 e. The van der Waals surface area contributed by atoms with E-state index in [0.717, 1.165) is 12.0 Å². The Balaban J connectivity index is 0.00000323. The van der Waals surface area contributed by atoms with E-state index < -0.39 is 15.9 Å². The number of hydrogen-bond donors (Lipinski definition) is 2. The molecule has 0 aliphatic carbocycles. The van der Waals surface area contributed by atoms with E-state index in [-0.39, 0.29) is 32.3 Å². The number of carbonyl (C=O) groups excluding carboxylic acids is 1. The molecule has 226 valence electrons. The maximum atomic E-state index is 13.5. The number of nitrogens with one attached hydrogen (secondary N) is 1. The Morgan fingerprint density at radius 2 is 1.90 bits per heavy atom. The van der Waals surface area contributed by atoms with E-state index in [1.807, 2.05) is 32.9 Å². The number of pyridine rings is 3. The van der Waals surface area contributed by atoms with Crippen molar-refractivity contribution in [1.29, 1.82) is 0 Å². The molecule has 0 unspecified atom stereocenters. The molecule has 0 saturated carbocycles. The van der Waals surface area contributed by atoms with Crippen LogP contribution in [0.5, 0.6) is 5.88 Å². The molecule has 0 aromatic carbocycles. The molecule has 4 heterocycles. The van der Waals surface area contributed by atoms with E-state index in [2.05, 4.69) is 40.4 Å². The lowest BCUT2D eigenvalue weighted by Crippen LogP contribution is -2.41. The number of aromatic nitrogens is 3. The Morgan fingerprint density at radius 3 is 2.56 bits per heavy atom. The first-order chi connectivity index (χ1) is 19.2. The Hall–Kier alpha value is -3.77. The van der Waals surface area contributed by atoms with Crippen molar-refractivity contribution in [3.63, 3.8) is 0 Å². The van der Waals surface area contributed by atoms with Crippen LogP contribution in [0.3, 0.4) is 0 Å². The van der Waals surface area contributed by atoms with Crippen molar-refractivity contribution in [3.05, 3.63) is 53.6 Å². The minimum absolute atomic E-state index is 0. The summed E-state index contributed by atoms with van der Waals surface area (Å²) in [5.41, 5.74) is 7.49. The second kappa shape index (κ2) is 12.0. The number of rotatable bonds is 10. The van der Waals surface area contributed by atoms with E-state index in [4.69, 9.17) is 20.2 Å². The minimum atomic E-state index is -4.28. The number of nitrogen functional groups attached to an aromatic ring is 1. The molecule has 1 fully saturated rings. The van der Waals surface area contributed by atoms with Crippen LogP contribution in [0, 0.1) is 12.8 Å². The van der Waals surface area contributed by atoms with Gasteiger partial charge >= 0.3 is 0 Å². The number of ether oxygens (including phenoxy) is 2. The number of carbonyl (C=O) groups is 1. The summed E-state index contributed by atoms with van der Waals surface area (Å²) < 4.78 is 39.5. The summed E-state index contributed by atoms with van der Waals surface area (Å²) in [6.45, 7) is 13.6. The van der Waals surface area contributed by atoms with Crippen LogP contribution >= 0.6 is 0 Å². The van der Waals surface area contributed by atoms with Gasteiger partial charge in [0.15, 0.2) is 5.03 Å². The molecule has 1 amide bonds. The molecule has 12 heteroatoms. The summed E-state index contributed by atoms with van der Waals surface area (Å²) in [6.07, 6.45) is 0.984. The van der Waals surface area contributed by atoms with Gasteiger partial charge in [0.05, 0.1) is 29.7 Å². The first kappa shape index (κ1) is 30.2. The molecule has 0 bridgehead atoms. The SMILES string of the molecule is Cc1cc(OCCOC(C)C)nc(-c2ccc(C(=O)NS(=O)(=O)c3cccc(N)n3)c(N3C[C@@H](C)CC3(C)C)n2)c1.[HH].[HH].[HH]. The zero-order valence-corrected chi connectivity index (χ0v) is 25.2. The lowest BCUT2D eigenvalue weighted by Gasteiger charge is -2.34. The van der Waals surface area contributed by atoms with Gasteiger partial charge in [0.25, 0.3) is 15.9 Å². The Bertz CT molecular complexity index is 1540. The van der Waals surface area contributed by atoms with Gasteiger partial charge in [-0.15, -0.1) is 0 Å². The fourth-order valence-electron chi connectivity index (χ4n) is 5.01. The molecule has 1 aliphatic heterocycles. The third kappa shape index (κ3) is 7.31. The zero-order chi connectivity index (χ0) is 29.9. The van der Waals surface area contributed by atoms with Gasteiger partial charge in [0, 0.05) is 22.4 Å². The van der Waals surface area contributed by atoms with E-state index in [1.165, 1.54) is 18.2 Å². The normalized spacial score (nSPS) is 16.7. The van der Waals surface area contributed by atoms with Crippen molar-refractivity contribution in [2.75, 3.05) is 30.4 Å². The van der Waals surface area contributed by atoms with Gasteiger partial charge in [0.2, 0.25) is 5.88 Å². The molecule has 11 nitrogen and oxygen atoms in total. The van der Waals surface area contributed by atoms with Crippen LogP contribution in [0.1, 0.15) is 61.2 Å². The topological polar surface area (TPSA) is 150 Å². The number of nitrogens with zero attached hydrogens (tertiary/aromatic N) is 4. The third-order valence-electron chi connectivity index (χ3n) is 6.69. The predicted octanol–water partition coefficient (Wildman–Crippen LogP) is 4.71. The fraction of sp³-hybridized carbons (Fsp3) is 0.448. The summed E-state index contributed by atoms with van der Waals surface area (Å²) in [5.74, 6) is 0.373. The van der Waals surface area contributed by atoms with E-state index in [1.54, 1.807) is 12.1 Å². The first-order valence-corrected chi connectivity index (χ1v) is 15.1. The van der Waals surface area contributed by atoms with Gasteiger partial charge in [-0.2, -0.15) is 8.42 Å². The molecule has 41 heavy (non-hydrogen) atoms. The van der Waals surface area contributed by atoms with Crippen molar-refractivity contribution in [2.24, 2.45) is 5.92 Å². The Morgan fingerprint density at radius 1 is 1.15 bits per heavy atom. The molecule has 1 saturated heterocycles. The van der Waals surface area contributed by atoms with Crippen LogP contribution in [-0.2, 0) is 14.8 Å². The highest BCUT2D eigenvalue weighted by atomic mass is 32.2. The highest BCUT2D eigenvalue weighted by molar-refractivity contribution is 7.90. The summed E-state index contributed by atoms with van der Waals surface area (Å²) in [6, 6.07) is 11.2. The lowest BCUT2D eigenvalue weighted by molar-refractivity contribution is 0.0542. The Kier molecular flexibility index (Phi) is 8.83. The molecule has 0 spiro atoms. The number of nitrogens with two attached hydrogens (primary N) is 1. The highest BCUT2D eigenvalue weighted by Crippen LogP contribution is 2.38. The third-order valence-corrected chi connectivity index (χ3v) is 7.92. The van der Waals surface area contributed by atoms with Gasteiger partial charge in [0.1, 0.15) is 18.2 Å². The summed E-state index contributed by atoms with van der Waals surface area (Å²) in [7, 11) is -4.28. The van der Waals surface area contributed by atoms with Gasteiger partial charge < -0.3 is 20.1 Å². The molecule has 3 aromatic rings. The average Bonchev–Trinajstić information content (AvgIpc) is 3.17. The monoisotopic (exact) mass is 588 g/mol. The second-order valence-electron chi connectivity index (χ2n) is 11.3. The van der Waals surface area contributed by atoms with E-state index in [0.29, 0.717) is 48.8 Å². The van der Waals surface area contributed by atoms with E-state index >= 15 is 0 Å². The van der Waals surface area contributed by atoms with Crippen LogP contribution in [0.4, 0.5) is 11.6 Å². The molecule has 3 N–H and O–H groups in total. The Labute approximate surface area is 246 Å². The molecule has 3 aromatic heterocycles.